The summed E-state index contributed by atoms with van der Waals surface area (Å²) in [5.74, 6) is 1.56. The van der Waals surface area contributed by atoms with Crippen LogP contribution in [0.15, 0.2) is 52.5 Å². The summed E-state index contributed by atoms with van der Waals surface area (Å²) < 4.78 is 6.79. The Balaban J connectivity index is 1.93. The summed E-state index contributed by atoms with van der Waals surface area (Å²) in [6.45, 7) is 2.26. The van der Waals surface area contributed by atoms with Gasteiger partial charge in [-0.1, -0.05) is 25.1 Å². The van der Waals surface area contributed by atoms with Crippen molar-refractivity contribution in [3.05, 3.63) is 59.4 Å². The van der Waals surface area contributed by atoms with Crippen LogP contribution in [0, 0.1) is 0 Å². The van der Waals surface area contributed by atoms with Crippen LogP contribution < -0.4 is 0 Å². The SMILES string of the molecule is CC(Cc1ccco1)c1csc2ccccc12. The van der Waals surface area contributed by atoms with Crippen molar-refractivity contribution in [1.29, 1.82) is 0 Å². The van der Waals surface area contributed by atoms with Gasteiger partial charge in [-0.25, -0.2) is 0 Å². The van der Waals surface area contributed by atoms with Gasteiger partial charge in [0.2, 0.25) is 0 Å². The first kappa shape index (κ1) is 10.6. The summed E-state index contributed by atoms with van der Waals surface area (Å²) in [6, 6.07) is 12.6. The van der Waals surface area contributed by atoms with Crippen LogP contribution >= 0.6 is 11.3 Å². The average Bonchev–Trinajstić information content (AvgIpc) is 2.96. The fraction of sp³-hybridized carbons (Fsp3) is 0.200. The Bertz CT molecular complexity index is 607. The molecule has 2 heteroatoms. The van der Waals surface area contributed by atoms with Crippen LogP contribution in [-0.2, 0) is 6.42 Å². The highest BCUT2D eigenvalue weighted by molar-refractivity contribution is 7.17. The minimum atomic E-state index is 0.497. The van der Waals surface area contributed by atoms with Gasteiger partial charge < -0.3 is 4.42 Å². The predicted molar refractivity (Wildman–Crippen MR) is 72.7 cm³/mol. The summed E-state index contributed by atoms with van der Waals surface area (Å²) in [7, 11) is 0. The van der Waals surface area contributed by atoms with Crippen molar-refractivity contribution in [2.45, 2.75) is 19.3 Å². The molecule has 0 aliphatic rings. The Morgan fingerprint density at radius 1 is 1.18 bits per heavy atom. The predicted octanol–water partition coefficient (Wildman–Crippen LogP) is 4.84. The van der Waals surface area contributed by atoms with E-state index >= 15 is 0 Å². The van der Waals surface area contributed by atoms with Gasteiger partial charge >= 0.3 is 0 Å². The van der Waals surface area contributed by atoms with Crippen molar-refractivity contribution in [2.24, 2.45) is 0 Å². The summed E-state index contributed by atoms with van der Waals surface area (Å²) >= 11 is 1.82. The zero-order valence-corrected chi connectivity index (χ0v) is 10.5. The fourth-order valence-corrected chi connectivity index (χ4v) is 3.30. The molecule has 86 valence electrons. The standard InChI is InChI=1S/C15H14OS/c1-11(9-12-5-4-8-16-12)14-10-17-15-7-3-2-6-13(14)15/h2-8,10-11H,9H2,1H3. The van der Waals surface area contributed by atoms with E-state index in [1.807, 2.05) is 23.5 Å². The van der Waals surface area contributed by atoms with E-state index in [4.69, 9.17) is 4.42 Å². The van der Waals surface area contributed by atoms with Crippen LogP contribution in [0.2, 0.25) is 0 Å². The van der Waals surface area contributed by atoms with Crippen LogP contribution in [0.4, 0.5) is 0 Å². The molecule has 3 aromatic rings. The quantitative estimate of drug-likeness (QED) is 0.640. The monoisotopic (exact) mass is 242 g/mol. The van der Waals surface area contributed by atoms with Crippen molar-refractivity contribution in [3.63, 3.8) is 0 Å². The lowest BCUT2D eigenvalue weighted by Gasteiger charge is -2.08. The molecule has 1 unspecified atom stereocenters. The van der Waals surface area contributed by atoms with E-state index in [0.717, 1.165) is 12.2 Å². The van der Waals surface area contributed by atoms with Crippen molar-refractivity contribution >= 4 is 21.4 Å². The van der Waals surface area contributed by atoms with Gasteiger partial charge in [0.25, 0.3) is 0 Å². The zero-order valence-electron chi connectivity index (χ0n) is 9.72. The third-order valence-corrected chi connectivity index (χ3v) is 4.11. The normalized spacial score (nSPS) is 13.0. The first-order chi connectivity index (χ1) is 8.34. The van der Waals surface area contributed by atoms with Crippen molar-refractivity contribution < 1.29 is 4.42 Å². The molecule has 1 atom stereocenters. The Hall–Kier alpha value is -1.54. The molecule has 17 heavy (non-hydrogen) atoms. The first-order valence-corrected chi connectivity index (χ1v) is 6.71. The molecule has 0 N–H and O–H groups in total. The van der Waals surface area contributed by atoms with E-state index in [2.05, 4.69) is 36.6 Å². The smallest absolute Gasteiger partial charge is 0.104 e. The number of hydrogen-bond acceptors (Lipinski definition) is 2. The molecule has 0 amide bonds. The largest absolute Gasteiger partial charge is 0.469 e. The molecule has 0 spiro atoms. The number of thiophene rings is 1. The maximum atomic E-state index is 5.42. The minimum Gasteiger partial charge on any atom is -0.469 e. The third-order valence-electron chi connectivity index (χ3n) is 3.13. The Kier molecular flexibility index (Phi) is 2.73. The lowest BCUT2D eigenvalue weighted by Crippen LogP contribution is -1.96. The fourth-order valence-electron chi connectivity index (χ4n) is 2.22. The number of fused-ring (bicyclic) bond motifs is 1. The molecule has 0 radical (unpaired) electrons. The summed E-state index contributed by atoms with van der Waals surface area (Å²) in [5.41, 5.74) is 1.43. The maximum Gasteiger partial charge on any atom is 0.104 e. The molecule has 1 nitrogen and oxygen atoms in total. The van der Waals surface area contributed by atoms with Gasteiger partial charge in [0, 0.05) is 11.1 Å². The first-order valence-electron chi connectivity index (χ1n) is 5.83. The summed E-state index contributed by atoms with van der Waals surface area (Å²) in [6.07, 6.45) is 2.71. The molecule has 0 fully saturated rings. The molecule has 0 bridgehead atoms. The molecular weight excluding hydrogens is 228 g/mol. The molecule has 0 saturated heterocycles. The van der Waals surface area contributed by atoms with E-state index in [-0.39, 0.29) is 0 Å². The van der Waals surface area contributed by atoms with Crippen LogP contribution in [0.1, 0.15) is 24.2 Å². The lowest BCUT2D eigenvalue weighted by atomic mass is 9.96. The van der Waals surface area contributed by atoms with Gasteiger partial charge in [0.05, 0.1) is 6.26 Å². The van der Waals surface area contributed by atoms with Gasteiger partial charge in [-0.3, -0.25) is 0 Å². The second-order valence-electron chi connectivity index (χ2n) is 4.37. The number of furan rings is 1. The van der Waals surface area contributed by atoms with Crippen molar-refractivity contribution in [3.8, 4) is 0 Å². The highest BCUT2D eigenvalue weighted by Crippen LogP contribution is 2.32. The van der Waals surface area contributed by atoms with Crippen LogP contribution in [0.25, 0.3) is 10.1 Å². The molecular formula is C15H14OS. The van der Waals surface area contributed by atoms with Gasteiger partial charge in [0.15, 0.2) is 0 Å². The van der Waals surface area contributed by atoms with Gasteiger partial charge in [-0.15, -0.1) is 11.3 Å². The number of hydrogen-bond donors (Lipinski definition) is 0. The Morgan fingerprint density at radius 3 is 2.88 bits per heavy atom. The zero-order chi connectivity index (χ0) is 11.7. The van der Waals surface area contributed by atoms with E-state index in [1.54, 1.807) is 6.26 Å². The minimum absolute atomic E-state index is 0.497. The number of rotatable bonds is 3. The summed E-state index contributed by atoms with van der Waals surface area (Å²) in [5, 5.41) is 3.66. The summed E-state index contributed by atoms with van der Waals surface area (Å²) in [4.78, 5) is 0. The molecule has 2 aromatic heterocycles. The van der Waals surface area contributed by atoms with Gasteiger partial charge in [-0.2, -0.15) is 0 Å². The van der Waals surface area contributed by atoms with Crippen molar-refractivity contribution in [1.82, 2.24) is 0 Å². The van der Waals surface area contributed by atoms with E-state index in [0.29, 0.717) is 5.92 Å². The molecule has 0 aliphatic heterocycles. The molecule has 0 aliphatic carbocycles. The Morgan fingerprint density at radius 2 is 2.06 bits per heavy atom. The molecule has 0 saturated carbocycles. The highest BCUT2D eigenvalue weighted by Gasteiger charge is 2.12. The highest BCUT2D eigenvalue weighted by atomic mass is 32.1. The molecule has 1 aromatic carbocycles. The average molecular weight is 242 g/mol. The topological polar surface area (TPSA) is 13.1 Å². The second kappa shape index (κ2) is 4.38. The van der Waals surface area contributed by atoms with E-state index in [1.165, 1.54) is 15.6 Å². The van der Waals surface area contributed by atoms with Crippen LogP contribution in [-0.4, -0.2) is 0 Å². The van der Waals surface area contributed by atoms with E-state index < -0.39 is 0 Å². The van der Waals surface area contributed by atoms with Crippen LogP contribution in [0.3, 0.4) is 0 Å². The van der Waals surface area contributed by atoms with Crippen molar-refractivity contribution in [2.75, 3.05) is 0 Å². The maximum absolute atomic E-state index is 5.42. The van der Waals surface area contributed by atoms with E-state index in [9.17, 15) is 0 Å². The number of benzene rings is 1. The van der Waals surface area contributed by atoms with Gasteiger partial charge in [0.1, 0.15) is 5.76 Å². The molecule has 2 heterocycles. The second-order valence-corrected chi connectivity index (χ2v) is 5.28. The lowest BCUT2D eigenvalue weighted by molar-refractivity contribution is 0.493. The van der Waals surface area contributed by atoms with Gasteiger partial charge in [-0.05, 0) is 40.4 Å². The molecule has 3 rings (SSSR count). The Labute approximate surface area is 105 Å². The van der Waals surface area contributed by atoms with Crippen LogP contribution in [0.5, 0.6) is 0 Å². The third kappa shape index (κ3) is 2.01.